The summed E-state index contributed by atoms with van der Waals surface area (Å²) in [5, 5.41) is 3.30. The quantitative estimate of drug-likeness (QED) is 0.942. The van der Waals surface area contributed by atoms with Crippen LogP contribution >= 0.6 is 0 Å². The molecule has 0 spiro atoms. The zero-order chi connectivity index (χ0) is 15.4. The van der Waals surface area contributed by atoms with Gasteiger partial charge in [-0.25, -0.2) is 0 Å². The van der Waals surface area contributed by atoms with Crippen LogP contribution in [0.5, 0.6) is 0 Å². The van der Waals surface area contributed by atoms with Crippen molar-refractivity contribution in [2.45, 2.75) is 26.3 Å². The third kappa shape index (κ3) is 3.11. The van der Waals surface area contributed by atoms with Gasteiger partial charge in [0.2, 0.25) is 0 Å². The van der Waals surface area contributed by atoms with Gasteiger partial charge in [0, 0.05) is 31.5 Å². The number of benzene rings is 1. The highest BCUT2D eigenvalue weighted by molar-refractivity contribution is 5.93. The molecule has 114 valence electrons. The molecule has 4 nitrogen and oxygen atoms in total. The minimum Gasteiger partial charge on any atom is -0.385 e. The molecular weight excluding hydrogens is 274 g/mol. The molecule has 0 saturated carbocycles. The Hall–Kier alpha value is -2.36. The van der Waals surface area contributed by atoms with E-state index in [0.717, 1.165) is 31.6 Å². The van der Waals surface area contributed by atoms with E-state index in [4.69, 9.17) is 0 Å². The zero-order valence-electron chi connectivity index (χ0n) is 12.9. The summed E-state index contributed by atoms with van der Waals surface area (Å²) in [6, 6.07) is 12.1. The van der Waals surface area contributed by atoms with Crippen molar-refractivity contribution < 1.29 is 4.79 Å². The van der Waals surface area contributed by atoms with Gasteiger partial charge in [0.15, 0.2) is 0 Å². The molecule has 3 rings (SSSR count). The Morgan fingerprint density at radius 1 is 1.27 bits per heavy atom. The van der Waals surface area contributed by atoms with Crippen molar-refractivity contribution >= 4 is 11.6 Å². The van der Waals surface area contributed by atoms with Gasteiger partial charge in [-0.15, -0.1) is 0 Å². The lowest BCUT2D eigenvalue weighted by Gasteiger charge is -2.28. The van der Waals surface area contributed by atoms with Gasteiger partial charge in [0.25, 0.3) is 5.91 Å². The molecule has 1 aromatic carbocycles. The van der Waals surface area contributed by atoms with Crippen molar-refractivity contribution in [3.63, 3.8) is 0 Å². The predicted octanol–water partition coefficient (Wildman–Crippen LogP) is 3.10. The number of anilines is 1. The topological polar surface area (TPSA) is 45.2 Å². The molecule has 1 N–H and O–H groups in total. The molecular formula is C18H21N3O. The molecule has 0 radical (unpaired) electrons. The molecule has 1 aliphatic heterocycles. The Morgan fingerprint density at radius 2 is 2.09 bits per heavy atom. The van der Waals surface area contributed by atoms with Crippen LogP contribution in [0, 0.1) is 0 Å². The SMILES string of the molecule is CCCNc1ccnc(C(=O)N2CCc3ccccc3C2)c1. The summed E-state index contributed by atoms with van der Waals surface area (Å²) in [4.78, 5) is 18.8. The highest BCUT2D eigenvalue weighted by Crippen LogP contribution is 2.20. The first-order valence-electron chi connectivity index (χ1n) is 7.84. The normalized spacial score (nSPS) is 13.6. The van der Waals surface area contributed by atoms with Gasteiger partial charge < -0.3 is 10.2 Å². The fraction of sp³-hybridized carbons (Fsp3) is 0.333. The van der Waals surface area contributed by atoms with Gasteiger partial charge in [-0.1, -0.05) is 31.2 Å². The first-order chi connectivity index (χ1) is 10.8. The molecule has 0 saturated heterocycles. The summed E-state index contributed by atoms with van der Waals surface area (Å²) < 4.78 is 0. The van der Waals surface area contributed by atoms with E-state index < -0.39 is 0 Å². The number of nitrogens with zero attached hydrogens (tertiary/aromatic N) is 2. The maximum atomic E-state index is 12.7. The van der Waals surface area contributed by atoms with Gasteiger partial charge >= 0.3 is 0 Å². The van der Waals surface area contributed by atoms with Gasteiger partial charge in [-0.2, -0.15) is 0 Å². The molecule has 2 heterocycles. The molecule has 0 fully saturated rings. The smallest absolute Gasteiger partial charge is 0.272 e. The number of carbonyl (C=O) groups is 1. The fourth-order valence-corrected chi connectivity index (χ4v) is 2.76. The number of nitrogens with one attached hydrogen (secondary N) is 1. The van der Waals surface area contributed by atoms with E-state index >= 15 is 0 Å². The van der Waals surface area contributed by atoms with E-state index in [9.17, 15) is 4.79 Å². The van der Waals surface area contributed by atoms with E-state index in [1.54, 1.807) is 6.20 Å². The second kappa shape index (κ2) is 6.60. The van der Waals surface area contributed by atoms with Crippen LogP contribution in [0.3, 0.4) is 0 Å². The van der Waals surface area contributed by atoms with Crippen LogP contribution in [0.15, 0.2) is 42.6 Å². The zero-order valence-corrected chi connectivity index (χ0v) is 12.9. The van der Waals surface area contributed by atoms with Crippen LogP contribution < -0.4 is 5.32 Å². The number of rotatable bonds is 4. The summed E-state index contributed by atoms with van der Waals surface area (Å²) in [6.07, 6.45) is 3.66. The minimum atomic E-state index is 0.00894. The van der Waals surface area contributed by atoms with E-state index in [2.05, 4.69) is 35.4 Å². The Balaban J connectivity index is 1.75. The van der Waals surface area contributed by atoms with Crippen molar-refractivity contribution in [3.05, 3.63) is 59.4 Å². The molecule has 0 bridgehead atoms. The average Bonchev–Trinajstić information content (AvgIpc) is 2.59. The molecule has 1 aromatic heterocycles. The fourth-order valence-electron chi connectivity index (χ4n) is 2.76. The Labute approximate surface area is 131 Å². The second-order valence-corrected chi connectivity index (χ2v) is 5.60. The van der Waals surface area contributed by atoms with Crippen LogP contribution in [0.25, 0.3) is 0 Å². The van der Waals surface area contributed by atoms with Gasteiger partial charge in [0.1, 0.15) is 5.69 Å². The summed E-state index contributed by atoms with van der Waals surface area (Å²) in [5.41, 5.74) is 4.05. The standard InChI is InChI=1S/C18H21N3O/c1-2-9-19-16-7-10-20-17(12-16)18(22)21-11-8-14-5-3-4-6-15(14)13-21/h3-7,10,12H,2,8-9,11,13H2,1H3,(H,19,20). The largest absolute Gasteiger partial charge is 0.385 e. The van der Waals surface area contributed by atoms with Crippen LogP contribution in [-0.4, -0.2) is 28.9 Å². The molecule has 4 heteroatoms. The van der Waals surface area contributed by atoms with Crippen molar-refractivity contribution in [1.82, 2.24) is 9.88 Å². The number of hydrogen-bond acceptors (Lipinski definition) is 3. The average molecular weight is 295 g/mol. The van der Waals surface area contributed by atoms with Crippen LogP contribution in [0.2, 0.25) is 0 Å². The van der Waals surface area contributed by atoms with E-state index in [1.807, 2.05) is 23.1 Å². The molecule has 0 unspecified atom stereocenters. The molecule has 0 aliphatic carbocycles. The first-order valence-corrected chi connectivity index (χ1v) is 7.84. The minimum absolute atomic E-state index is 0.00894. The monoisotopic (exact) mass is 295 g/mol. The highest BCUT2D eigenvalue weighted by atomic mass is 16.2. The van der Waals surface area contributed by atoms with Crippen molar-refractivity contribution in [3.8, 4) is 0 Å². The van der Waals surface area contributed by atoms with Gasteiger partial charge in [-0.3, -0.25) is 9.78 Å². The molecule has 2 aromatic rings. The highest BCUT2D eigenvalue weighted by Gasteiger charge is 2.22. The predicted molar refractivity (Wildman–Crippen MR) is 87.9 cm³/mol. The van der Waals surface area contributed by atoms with Gasteiger partial charge in [-0.05, 0) is 36.1 Å². The Kier molecular flexibility index (Phi) is 4.37. The summed E-state index contributed by atoms with van der Waals surface area (Å²) in [6.45, 7) is 4.44. The maximum Gasteiger partial charge on any atom is 0.272 e. The molecule has 0 atom stereocenters. The summed E-state index contributed by atoms with van der Waals surface area (Å²) in [7, 11) is 0. The van der Waals surface area contributed by atoms with Crippen molar-refractivity contribution in [1.29, 1.82) is 0 Å². The summed E-state index contributed by atoms with van der Waals surface area (Å²) >= 11 is 0. The van der Waals surface area contributed by atoms with Crippen LogP contribution in [-0.2, 0) is 13.0 Å². The third-order valence-electron chi connectivity index (χ3n) is 3.98. The van der Waals surface area contributed by atoms with E-state index in [1.165, 1.54) is 11.1 Å². The lowest BCUT2D eigenvalue weighted by atomic mass is 10.00. The molecule has 1 amide bonds. The number of amides is 1. The number of carbonyl (C=O) groups excluding carboxylic acids is 1. The lowest BCUT2D eigenvalue weighted by Crippen LogP contribution is -2.36. The van der Waals surface area contributed by atoms with Gasteiger partial charge in [0.05, 0.1) is 0 Å². The number of fused-ring (bicyclic) bond motifs is 1. The molecule has 22 heavy (non-hydrogen) atoms. The third-order valence-corrected chi connectivity index (χ3v) is 3.98. The van der Waals surface area contributed by atoms with E-state index in [0.29, 0.717) is 12.2 Å². The van der Waals surface area contributed by atoms with Crippen molar-refractivity contribution in [2.75, 3.05) is 18.4 Å². The first kappa shape index (κ1) is 14.6. The van der Waals surface area contributed by atoms with Crippen LogP contribution in [0.1, 0.15) is 35.0 Å². The summed E-state index contributed by atoms with van der Waals surface area (Å²) in [5.74, 6) is 0.00894. The maximum absolute atomic E-state index is 12.7. The number of hydrogen-bond donors (Lipinski definition) is 1. The molecule has 1 aliphatic rings. The number of pyridine rings is 1. The Bertz CT molecular complexity index is 669. The Morgan fingerprint density at radius 3 is 2.91 bits per heavy atom. The lowest BCUT2D eigenvalue weighted by molar-refractivity contribution is 0.0729. The second-order valence-electron chi connectivity index (χ2n) is 5.60. The number of aromatic nitrogens is 1. The van der Waals surface area contributed by atoms with Crippen LogP contribution in [0.4, 0.5) is 5.69 Å². The van der Waals surface area contributed by atoms with E-state index in [-0.39, 0.29) is 5.91 Å². The van der Waals surface area contributed by atoms with Crippen molar-refractivity contribution in [2.24, 2.45) is 0 Å².